The summed E-state index contributed by atoms with van der Waals surface area (Å²) in [6.45, 7) is 6.60. The first-order chi connectivity index (χ1) is 8.89. The van der Waals surface area contributed by atoms with Crippen molar-refractivity contribution >= 4 is 16.8 Å². The molecule has 0 aliphatic heterocycles. The van der Waals surface area contributed by atoms with Crippen LogP contribution in [0.2, 0.25) is 0 Å². The zero-order valence-electron chi connectivity index (χ0n) is 11.6. The highest BCUT2D eigenvalue weighted by molar-refractivity contribution is 7.86. The minimum atomic E-state index is -0.946. The fourth-order valence-electron chi connectivity index (χ4n) is 1.31. The van der Waals surface area contributed by atoms with Crippen LogP contribution in [0.1, 0.15) is 26.3 Å². The number of pyridine rings is 1. The second kappa shape index (κ2) is 7.23. The largest absolute Gasteiger partial charge is 0.337 e. The Bertz CT molecular complexity index is 429. The van der Waals surface area contributed by atoms with Crippen LogP contribution in [0.15, 0.2) is 24.5 Å². The molecule has 0 saturated heterocycles. The molecule has 6 heteroatoms. The van der Waals surface area contributed by atoms with E-state index in [1.165, 1.54) is 0 Å². The van der Waals surface area contributed by atoms with Crippen LogP contribution in [0.5, 0.6) is 0 Å². The fourth-order valence-corrected chi connectivity index (χ4v) is 2.21. The van der Waals surface area contributed by atoms with Gasteiger partial charge in [-0.2, -0.15) is 0 Å². The molecule has 1 aromatic rings. The van der Waals surface area contributed by atoms with Crippen molar-refractivity contribution in [2.75, 3.05) is 12.3 Å². The van der Waals surface area contributed by atoms with E-state index < -0.39 is 10.8 Å². The van der Waals surface area contributed by atoms with E-state index in [1.807, 2.05) is 32.9 Å². The summed E-state index contributed by atoms with van der Waals surface area (Å²) in [6.07, 6.45) is 3.39. The third kappa shape index (κ3) is 6.33. The molecule has 0 saturated carbocycles. The number of carbonyl (C=O) groups is 1. The van der Waals surface area contributed by atoms with Crippen molar-refractivity contribution in [1.82, 2.24) is 15.6 Å². The van der Waals surface area contributed by atoms with Crippen LogP contribution in [0.4, 0.5) is 4.79 Å². The van der Waals surface area contributed by atoms with Gasteiger partial charge in [0.2, 0.25) is 0 Å². The average Bonchev–Trinajstić information content (AvgIpc) is 2.36. The molecule has 1 unspecified atom stereocenters. The molecule has 0 bridgehead atoms. The van der Waals surface area contributed by atoms with Gasteiger partial charge in [0.15, 0.2) is 0 Å². The molecular formula is C13H21N3O2S. The maximum atomic E-state index is 11.8. The standard InChI is InChI=1S/C13H21N3O2S/c1-13(2,3)19(18)8-7-15-12(17)16-10-11-5-4-6-14-9-11/h4-6,9H,7-8,10H2,1-3H3,(H2,15,16,17). The number of carbonyl (C=O) groups excluding carboxylic acids is 1. The second-order valence-electron chi connectivity index (χ2n) is 5.13. The Morgan fingerprint density at radius 3 is 2.68 bits per heavy atom. The van der Waals surface area contributed by atoms with Gasteiger partial charge in [0.25, 0.3) is 0 Å². The molecule has 106 valence electrons. The van der Waals surface area contributed by atoms with Crippen molar-refractivity contribution in [3.63, 3.8) is 0 Å². The van der Waals surface area contributed by atoms with E-state index in [4.69, 9.17) is 0 Å². The van der Waals surface area contributed by atoms with Crippen LogP contribution in [-0.2, 0) is 17.3 Å². The Hall–Kier alpha value is -1.43. The number of amides is 2. The van der Waals surface area contributed by atoms with Gasteiger partial charge in [-0.3, -0.25) is 9.19 Å². The van der Waals surface area contributed by atoms with Gasteiger partial charge >= 0.3 is 6.03 Å². The van der Waals surface area contributed by atoms with Gasteiger partial charge in [0.05, 0.1) is 0 Å². The van der Waals surface area contributed by atoms with Gasteiger partial charge in [-0.25, -0.2) is 4.79 Å². The summed E-state index contributed by atoms with van der Waals surface area (Å²) >= 11 is 0. The fraction of sp³-hybridized carbons (Fsp3) is 0.538. The highest BCUT2D eigenvalue weighted by atomic mass is 32.2. The van der Waals surface area contributed by atoms with Gasteiger partial charge in [-0.15, -0.1) is 0 Å². The second-order valence-corrected chi connectivity index (χ2v) is 7.46. The molecule has 0 spiro atoms. The van der Waals surface area contributed by atoms with E-state index in [2.05, 4.69) is 15.6 Å². The Morgan fingerprint density at radius 2 is 2.11 bits per heavy atom. The summed E-state index contributed by atoms with van der Waals surface area (Å²) in [5.74, 6) is 0.462. The molecule has 0 aliphatic carbocycles. The Balaban J connectivity index is 2.20. The Labute approximate surface area is 116 Å². The highest BCUT2D eigenvalue weighted by Gasteiger charge is 2.18. The van der Waals surface area contributed by atoms with Crippen molar-refractivity contribution in [3.05, 3.63) is 30.1 Å². The molecule has 5 nitrogen and oxygen atoms in total. The molecule has 2 amide bonds. The van der Waals surface area contributed by atoms with Crippen LogP contribution < -0.4 is 10.6 Å². The lowest BCUT2D eigenvalue weighted by molar-refractivity contribution is 0.241. The summed E-state index contributed by atoms with van der Waals surface area (Å²) < 4.78 is 11.5. The first kappa shape index (κ1) is 15.6. The smallest absolute Gasteiger partial charge is 0.315 e. The Kier molecular flexibility index (Phi) is 5.95. The lowest BCUT2D eigenvalue weighted by Gasteiger charge is -2.17. The van der Waals surface area contributed by atoms with Crippen molar-refractivity contribution in [2.24, 2.45) is 0 Å². The summed E-state index contributed by atoms with van der Waals surface area (Å²) in [5, 5.41) is 5.41. The van der Waals surface area contributed by atoms with Crippen LogP contribution >= 0.6 is 0 Å². The molecule has 19 heavy (non-hydrogen) atoms. The Morgan fingerprint density at radius 1 is 1.37 bits per heavy atom. The van der Waals surface area contributed by atoms with Crippen LogP contribution in [-0.4, -0.2) is 32.3 Å². The number of hydrogen-bond donors (Lipinski definition) is 2. The number of nitrogens with zero attached hydrogens (tertiary/aromatic N) is 1. The molecule has 1 aromatic heterocycles. The number of nitrogens with one attached hydrogen (secondary N) is 2. The van der Waals surface area contributed by atoms with Crippen molar-refractivity contribution in [2.45, 2.75) is 32.1 Å². The lowest BCUT2D eigenvalue weighted by Crippen LogP contribution is -2.38. The SMILES string of the molecule is CC(C)(C)S(=O)CCNC(=O)NCc1cccnc1. The maximum absolute atomic E-state index is 11.8. The number of urea groups is 1. The average molecular weight is 283 g/mol. The van der Waals surface area contributed by atoms with Gasteiger partial charge < -0.3 is 10.6 Å². The summed E-state index contributed by atoms with van der Waals surface area (Å²) in [5.41, 5.74) is 0.941. The molecule has 0 aromatic carbocycles. The lowest BCUT2D eigenvalue weighted by atomic mass is 10.3. The van der Waals surface area contributed by atoms with Gasteiger partial charge in [0.1, 0.15) is 0 Å². The summed E-state index contributed by atoms with van der Waals surface area (Å²) in [4.78, 5) is 15.5. The first-order valence-corrected chi connectivity index (χ1v) is 7.50. The molecule has 0 fully saturated rings. The van der Waals surface area contributed by atoms with E-state index in [9.17, 15) is 9.00 Å². The van der Waals surface area contributed by atoms with E-state index in [-0.39, 0.29) is 10.8 Å². The molecule has 0 aliphatic rings. The maximum Gasteiger partial charge on any atom is 0.315 e. The van der Waals surface area contributed by atoms with Crippen LogP contribution in [0.25, 0.3) is 0 Å². The normalized spacial score (nSPS) is 12.8. The summed E-state index contributed by atoms with van der Waals surface area (Å²) in [6, 6.07) is 3.46. The zero-order chi connectivity index (χ0) is 14.3. The molecule has 0 radical (unpaired) electrons. The zero-order valence-corrected chi connectivity index (χ0v) is 12.4. The minimum Gasteiger partial charge on any atom is -0.337 e. The van der Waals surface area contributed by atoms with Crippen molar-refractivity contribution in [1.29, 1.82) is 0 Å². The van der Waals surface area contributed by atoms with E-state index in [0.29, 0.717) is 18.8 Å². The quantitative estimate of drug-likeness (QED) is 0.858. The summed E-state index contributed by atoms with van der Waals surface area (Å²) in [7, 11) is -0.946. The third-order valence-corrected chi connectivity index (χ3v) is 4.37. The molecule has 1 atom stereocenters. The number of aromatic nitrogens is 1. The molecule has 1 rings (SSSR count). The predicted octanol–water partition coefficient (Wildman–Crippen LogP) is 1.43. The monoisotopic (exact) mass is 283 g/mol. The number of rotatable bonds is 5. The van der Waals surface area contributed by atoms with Crippen LogP contribution in [0.3, 0.4) is 0 Å². The topological polar surface area (TPSA) is 71.1 Å². The van der Waals surface area contributed by atoms with Crippen molar-refractivity contribution in [3.8, 4) is 0 Å². The molecule has 1 heterocycles. The third-order valence-electron chi connectivity index (χ3n) is 2.43. The highest BCUT2D eigenvalue weighted by Crippen LogP contribution is 2.10. The molecule has 2 N–H and O–H groups in total. The van der Waals surface area contributed by atoms with Gasteiger partial charge in [-0.1, -0.05) is 6.07 Å². The first-order valence-electron chi connectivity index (χ1n) is 6.18. The van der Waals surface area contributed by atoms with E-state index in [0.717, 1.165) is 5.56 Å². The minimum absolute atomic E-state index is 0.242. The number of hydrogen-bond acceptors (Lipinski definition) is 3. The molecular weight excluding hydrogens is 262 g/mol. The van der Waals surface area contributed by atoms with Crippen LogP contribution in [0, 0.1) is 0 Å². The predicted molar refractivity (Wildman–Crippen MR) is 77.2 cm³/mol. The van der Waals surface area contributed by atoms with Gasteiger partial charge in [-0.05, 0) is 32.4 Å². The van der Waals surface area contributed by atoms with Crippen molar-refractivity contribution < 1.29 is 9.00 Å². The van der Waals surface area contributed by atoms with E-state index in [1.54, 1.807) is 12.4 Å². The van der Waals surface area contributed by atoms with E-state index >= 15 is 0 Å². The van der Waals surface area contributed by atoms with Gasteiger partial charge in [0, 0.05) is 46.8 Å².